The molecule has 0 aromatic heterocycles. The molecule has 5 atom stereocenters. The lowest BCUT2D eigenvalue weighted by Gasteiger charge is -2.28. The minimum Gasteiger partial charge on any atom is -0.357 e. The molecular weight excluding hydrogens is 505 g/mol. The van der Waals surface area contributed by atoms with Crippen LogP contribution < -0.4 is 10.6 Å². The van der Waals surface area contributed by atoms with E-state index in [0.717, 1.165) is 32.0 Å². The molecule has 3 fully saturated rings. The predicted molar refractivity (Wildman–Crippen MR) is 133 cm³/mol. The van der Waals surface area contributed by atoms with Crippen LogP contribution in [0.25, 0.3) is 0 Å². The lowest BCUT2D eigenvalue weighted by Crippen LogP contribution is -2.44. The number of likely N-dealkylation sites (tertiary alicyclic amines) is 2. The summed E-state index contributed by atoms with van der Waals surface area (Å²) in [5.74, 6) is 1.66. The normalized spacial score (nSPS) is 31.0. The Morgan fingerprint density at radius 3 is 2.35 bits per heavy atom. The molecule has 1 saturated carbocycles. The van der Waals surface area contributed by atoms with Gasteiger partial charge >= 0.3 is 0 Å². The molecule has 174 valence electrons. The molecule has 8 heteroatoms. The first-order valence-electron chi connectivity index (χ1n) is 11.9. The Balaban J connectivity index is 0.00000272. The van der Waals surface area contributed by atoms with Gasteiger partial charge in [0.15, 0.2) is 5.96 Å². The number of imide groups is 1. The topological polar surface area (TPSA) is 77.0 Å². The highest BCUT2D eigenvalue weighted by Crippen LogP contribution is 2.52. The summed E-state index contributed by atoms with van der Waals surface area (Å²) in [6, 6.07) is 0. The molecule has 7 nitrogen and oxygen atoms in total. The summed E-state index contributed by atoms with van der Waals surface area (Å²) in [7, 11) is 0. The van der Waals surface area contributed by atoms with Gasteiger partial charge in [-0.3, -0.25) is 19.5 Å². The largest absolute Gasteiger partial charge is 0.357 e. The van der Waals surface area contributed by atoms with Crippen LogP contribution in [0, 0.1) is 29.6 Å². The van der Waals surface area contributed by atoms with Crippen molar-refractivity contribution in [3.8, 4) is 0 Å². The second-order valence-electron chi connectivity index (χ2n) is 9.44. The highest BCUT2D eigenvalue weighted by Gasteiger charge is 2.58. The second-order valence-corrected chi connectivity index (χ2v) is 9.44. The minimum absolute atomic E-state index is 0. The van der Waals surface area contributed by atoms with Crippen LogP contribution in [-0.2, 0) is 9.59 Å². The van der Waals surface area contributed by atoms with Gasteiger partial charge in [-0.15, -0.1) is 24.0 Å². The van der Waals surface area contributed by atoms with Crippen LogP contribution >= 0.6 is 24.0 Å². The van der Waals surface area contributed by atoms with Crippen molar-refractivity contribution in [2.75, 3.05) is 45.8 Å². The quantitative estimate of drug-likeness (QED) is 0.161. The van der Waals surface area contributed by atoms with Gasteiger partial charge in [-0.25, -0.2) is 0 Å². The van der Waals surface area contributed by atoms with E-state index in [4.69, 9.17) is 4.99 Å². The van der Waals surface area contributed by atoms with Crippen LogP contribution in [0.5, 0.6) is 0 Å². The van der Waals surface area contributed by atoms with Crippen LogP contribution in [0.15, 0.2) is 17.1 Å². The Hall–Kier alpha value is -1.16. The first-order chi connectivity index (χ1) is 14.6. The van der Waals surface area contributed by atoms with E-state index < -0.39 is 0 Å². The molecule has 2 heterocycles. The SMILES string of the molecule is CCNC(=NCC(C)CN1CCCCC1)NCCN1C(=O)C2C3C=CC(C3)C2C1=O.I. The third-order valence-electron chi connectivity index (χ3n) is 7.11. The summed E-state index contributed by atoms with van der Waals surface area (Å²) in [6.45, 7) is 10.3. The molecule has 5 unspecified atom stereocenters. The van der Waals surface area contributed by atoms with Gasteiger partial charge in [0, 0.05) is 32.7 Å². The van der Waals surface area contributed by atoms with Crippen molar-refractivity contribution >= 4 is 41.8 Å². The number of carbonyl (C=O) groups is 2. The zero-order valence-corrected chi connectivity index (χ0v) is 21.2. The number of hydrogen-bond donors (Lipinski definition) is 2. The van der Waals surface area contributed by atoms with Crippen molar-refractivity contribution < 1.29 is 9.59 Å². The van der Waals surface area contributed by atoms with Crippen molar-refractivity contribution in [1.82, 2.24) is 20.4 Å². The lowest BCUT2D eigenvalue weighted by atomic mass is 9.85. The zero-order valence-electron chi connectivity index (χ0n) is 18.9. The van der Waals surface area contributed by atoms with E-state index in [2.05, 4.69) is 34.6 Å². The van der Waals surface area contributed by atoms with Crippen LogP contribution in [0.2, 0.25) is 0 Å². The summed E-state index contributed by atoms with van der Waals surface area (Å²) in [4.78, 5) is 34.3. The van der Waals surface area contributed by atoms with Crippen molar-refractivity contribution in [3.05, 3.63) is 12.2 Å². The number of carbonyl (C=O) groups excluding carboxylic acids is 2. The van der Waals surface area contributed by atoms with Crippen LogP contribution in [0.4, 0.5) is 0 Å². The van der Waals surface area contributed by atoms with Crippen LogP contribution in [0.3, 0.4) is 0 Å². The van der Waals surface area contributed by atoms with Crippen molar-refractivity contribution in [1.29, 1.82) is 0 Å². The molecule has 0 aromatic rings. The average Bonchev–Trinajstić information content (AvgIpc) is 3.42. The van der Waals surface area contributed by atoms with Gasteiger partial charge in [-0.05, 0) is 57.0 Å². The van der Waals surface area contributed by atoms with Gasteiger partial charge in [0.25, 0.3) is 0 Å². The van der Waals surface area contributed by atoms with Gasteiger partial charge in [-0.2, -0.15) is 0 Å². The number of amides is 2. The number of aliphatic imine (C=N–C) groups is 1. The van der Waals surface area contributed by atoms with Gasteiger partial charge in [-0.1, -0.05) is 25.5 Å². The first kappa shape index (κ1) is 24.5. The highest BCUT2D eigenvalue weighted by atomic mass is 127. The maximum absolute atomic E-state index is 12.8. The number of rotatable bonds is 8. The van der Waals surface area contributed by atoms with Crippen LogP contribution in [0.1, 0.15) is 39.5 Å². The second kappa shape index (κ2) is 11.1. The molecule has 4 rings (SSSR count). The molecule has 2 aliphatic heterocycles. The van der Waals surface area contributed by atoms with E-state index in [1.807, 2.05) is 6.92 Å². The van der Waals surface area contributed by atoms with Crippen molar-refractivity contribution in [2.24, 2.45) is 34.6 Å². The molecule has 2 saturated heterocycles. The molecule has 0 radical (unpaired) electrons. The Labute approximate surface area is 203 Å². The molecule has 0 aromatic carbocycles. The average molecular weight is 543 g/mol. The third kappa shape index (κ3) is 5.43. The Bertz CT molecular complexity index is 676. The van der Waals surface area contributed by atoms with Gasteiger partial charge in [0.05, 0.1) is 11.8 Å². The number of guanidine groups is 1. The molecule has 2 bridgehead atoms. The molecule has 2 amide bonds. The Morgan fingerprint density at radius 1 is 1.10 bits per heavy atom. The summed E-state index contributed by atoms with van der Waals surface area (Å²) in [5.41, 5.74) is 0. The van der Waals surface area contributed by atoms with Crippen molar-refractivity contribution in [2.45, 2.75) is 39.5 Å². The number of fused-ring (bicyclic) bond motifs is 5. The fraction of sp³-hybridized carbons (Fsp3) is 0.783. The molecule has 2 N–H and O–H groups in total. The first-order valence-corrected chi connectivity index (χ1v) is 11.9. The predicted octanol–water partition coefficient (Wildman–Crippen LogP) is 2.09. The van der Waals surface area contributed by atoms with E-state index in [1.54, 1.807) is 0 Å². The van der Waals surface area contributed by atoms with E-state index >= 15 is 0 Å². The maximum atomic E-state index is 12.8. The monoisotopic (exact) mass is 543 g/mol. The summed E-state index contributed by atoms with van der Waals surface area (Å²) >= 11 is 0. The number of allylic oxidation sites excluding steroid dienone is 2. The van der Waals surface area contributed by atoms with E-state index in [0.29, 0.717) is 19.0 Å². The highest BCUT2D eigenvalue weighted by molar-refractivity contribution is 14.0. The standard InChI is InChI=1S/C23H37N5O2.HI/c1-3-24-23(26-14-16(2)15-27-10-5-4-6-11-27)25-9-12-28-21(29)19-17-7-8-18(13-17)20(19)22(28)30;/h7-8,16-20H,3-6,9-15H2,1-2H3,(H2,24,25,26);1H. The number of halogens is 1. The van der Waals surface area contributed by atoms with Crippen molar-refractivity contribution in [3.63, 3.8) is 0 Å². The molecule has 31 heavy (non-hydrogen) atoms. The number of hydrogen-bond acceptors (Lipinski definition) is 4. The van der Waals surface area contributed by atoms with E-state index in [9.17, 15) is 9.59 Å². The zero-order chi connectivity index (χ0) is 21.1. The number of nitrogens with zero attached hydrogens (tertiary/aromatic N) is 3. The maximum Gasteiger partial charge on any atom is 0.233 e. The smallest absolute Gasteiger partial charge is 0.233 e. The van der Waals surface area contributed by atoms with Crippen LogP contribution in [-0.4, -0.2) is 73.4 Å². The molecule has 4 aliphatic rings. The molecular formula is C23H38IN5O2. The lowest BCUT2D eigenvalue weighted by molar-refractivity contribution is -0.140. The molecule has 2 aliphatic carbocycles. The Morgan fingerprint density at radius 2 is 1.74 bits per heavy atom. The van der Waals surface area contributed by atoms with Gasteiger partial charge in [0.2, 0.25) is 11.8 Å². The fourth-order valence-electron chi connectivity index (χ4n) is 5.70. The third-order valence-corrected chi connectivity index (χ3v) is 7.11. The Kier molecular flexibility index (Phi) is 8.78. The van der Waals surface area contributed by atoms with Gasteiger partial charge < -0.3 is 15.5 Å². The summed E-state index contributed by atoms with van der Waals surface area (Å²) < 4.78 is 0. The minimum atomic E-state index is -0.106. The summed E-state index contributed by atoms with van der Waals surface area (Å²) in [5, 5.41) is 6.60. The molecule has 0 spiro atoms. The number of piperidine rings is 1. The van der Waals surface area contributed by atoms with E-state index in [-0.39, 0.29) is 59.5 Å². The van der Waals surface area contributed by atoms with Gasteiger partial charge in [0.1, 0.15) is 0 Å². The number of nitrogens with one attached hydrogen (secondary N) is 2. The van der Waals surface area contributed by atoms with E-state index in [1.165, 1.54) is 37.3 Å². The summed E-state index contributed by atoms with van der Waals surface area (Å²) in [6.07, 6.45) is 9.24. The fourth-order valence-corrected chi connectivity index (χ4v) is 5.70.